The van der Waals surface area contributed by atoms with E-state index in [-0.39, 0.29) is 22.9 Å². The molecule has 0 fully saturated rings. The summed E-state index contributed by atoms with van der Waals surface area (Å²) in [6, 6.07) is 4.32. The van der Waals surface area contributed by atoms with E-state index in [1.807, 2.05) is 0 Å². The summed E-state index contributed by atoms with van der Waals surface area (Å²) >= 11 is 0. The predicted octanol–water partition coefficient (Wildman–Crippen LogP) is 0.990. The summed E-state index contributed by atoms with van der Waals surface area (Å²) in [5.41, 5.74) is 0.0679. The quantitative estimate of drug-likeness (QED) is 0.611. The summed E-state index contributed by atoms with van der Waals surface area (Å²) < 4.78 is 26.3. The lowest BCUT2D eigenvalue weighted by molar-refractivity contribution is -0.140. The third-order valence-electron chi connectivity index (χ3n) is 3.04. The predicted molar refractivity (Wildman–Crippen MR) is 85.6 cm³/mol. The monoisotopic (exact) mass is 340 g/mol. The van der Waals surface area contributed by atoms with Gasteiger partial charge in [0.05, 0.1) is 4.90 Å². The molecule has 1 rings (SSSR count). The highest BCUT2D eigenvalue weighted by Gasteiger charge is 2.24. The van der Waals surface area contributed by atoms with Crippen LogP contribution in [0.4, 0.5) is 0 Å². The molecule has 23 heavy (non-hydrogen) atoms. The van der Waals surface area contributed by atoms with E-state index >= 15 is 0 Å². The van der Waals surface area contributed by atoms with Crippen LogP contribution < -0.4 is 10.0 Å². The molecule has 1 aromatic rings. The molecular weight excluding hydrogens is 320 g/mol. The van der Waals surface area contributed by atoms with Crippen molar-refractivity contribution >= 4 is 21.9 Å². The summed E-state index contributed by atoms with van der Waals surface area (Å²) in [6.07, 6.45) is 1.40. The van der Waals surface area contributed by atoms with Crippen molar-refractivity contribution in [2.45, 2.75) is 24.8 Å². The lowest BCUT2D eigenvalue weighted by atomic mass is 10.0. The fraction of sp³-hybridized carbons (Fsp3) is 0.333. The molecule has 0 bridgehead atoms. The Morgan fingerprint density at radius 1 is 1.35 bits per heavy atom. The molecule has 0 heterocycles. The molecule has 1 unspecified atom stereocenters. The number of carbonyl (C=O) groups is 2. The Kier molecular flexibility index (Phi) is 6.47. The van der Waals surface area contributed by atoms with E-state index in [4.69, 9.17) is 5.11 Å². The fourth-order valence-electron chi connectivity index (χ4n) is 1.79. The zero-order valence-corrected chi connectivity index (χ0v) is 13.8. The van der Waals surface area contributed by atoms with Gasteiger partial charge in [0.25, 0.3) is 5.91 Å². The topological polar surface area (TPSA) is 113 Å². The number of benzene rings is 1. The summed E-state index contributed by atoms with van der Waals surface area (Å²) in [4.78, 5) is 23.2. The Labute approximate surface area is 135 Å². The van der Waals surface area contributed by atoms with E-state index in [1.165, 1.54) is 30.3 Å². The maximum Gasteiger partial charge on any atom is 0.326 e. The summed E-state index contributed by atoms with van der Waals surface area (Å²) in [5, 5.41) is 11.5. The van der Waals surface area contributed by atoms with Crippen LogP contribution in [0.15, 0.2) is 41.8 Å². The highest BCUT2D eigenvalue weighted by atomic mass is 32.2. The first-order valence-electron chi connectivity index (χ1n) is 6.93. The molecule has 7 nitrogen and oxygen atoms in total. The summed E-state index contributed by atoms with van der Waals surface area (Å²) in [6.45, 7) is 6.82. The van der Waals surface area contributed by atoms with E-state index in [9.17, 15) is 18.0 Å². The molecule has 8 heteroatoms. The lowest BCUT2D eigenvalue weighted by Gasteiger charge is -2.18. The van der Waals surface area contributed by atoms with E-state index < -0.39 is 27.9 Å². The fourth-order valence-corrected chi connectivity index (χ4v) is 2.84. The van der Waals surface area contributed by atoms with Crippen molar-refractivity contribution in [2.24, 2.45) is 5.92 Å². The third kappa shape index (κ3) is 5.19. The van der Waals surface area contributed by atoms with Crippen molar-refractivity contribution in [3.05, 3.63) is 42.5 Å². The minimum atomic E-state index is -3.76. The van der Waals surface area contributed by atoms with Gasteiger partial charge in [-0.25, -0.2) is 17.9 Å². The molecule has 126 valence electrons. The Balaban J connectivity index is 3.02. The third-order valence-corrected chi connectivity index (χ3v) is 4.46. The van der Waals surface area contributed by atoms with Crippen LogP contribution in [0.3, 0.4) is 0 Å². The second kappa shape index (κ2) is 7.89. The number of hydrogen-bond donors (Lipinski definition) is 3. The van der Waals surface area contributed by atoms with Crippen molar-refractivity contribution in [3.8, 4) is 0 Å². The number of carbonyl (C=O) groups excluding carboxylic acids is 1. The molecule has 0 radical (unpaired) electrons. The first kappa shape index (κ1) is 18.9. The number of amides is 1. The van der Waals surface area contributed by atoms with Crippen LogP contribution in [-0.4, -0.2) is 38.0 Å². The standard InChI is InChI=1S/C15H20N2O5S/c1-4-8-16-23(21,22)12-7-5-6-11(9-12)14(18)17-13(10(2)3)15(19)20/h4-7,9-10,13,16H,1,8H2,2-3H3,(H,17,18)(H,19,20). The molecule has 0 spiro atoms. The van der Waals surface area contributed by atoms with Crippen LogP contribution in [0.2, 0.25) is 0 Å². The molecule has 3 N–H and O–H groups in total. The lowest BCUT2D eigenvalue weighted by Crippen LogP contribution is -2.44. The Morgan fingerprint density at radius 2 is 2.00 bits per heavy atom. The molecular formula is C15H20N2O5S. The van der Waals surface area contributed by atoms with Crippen LogP contribution in [0.1, 0.15) is 24.2 Å². The van der Waals surface area contributed by atoms with Gasteiger partial charge in [0.15, 0.2) is 0 Å². The Hall–Kier alpha value is -2.19. The zero-order valence-electron chi connectivity index (χ0n) is 12.9. The highest BCUT2D eigenvalue weighted by Crippen LogP contribution is 2.12. The van der Waals surface area contributed by atoms with Gasteiger partial charge in [0.2, 0.25) is 10.0 Å². The van der Waals surface area contributed by atoms with Gasteiger partial charge in [-0.15, -0.1) is 6.58 Å². The van der Waals surface area contributed by atoms with Crippen molar-refractivity contribution in [1.29, 1.82) is 0 Å². The Bertz CT molecular complexity index is 698. The largest absolute Gasteiger partial charge is 0.480 e. The highest BCUT2D eigenvalue weighted by molar-refractivity contribution is 7.89. The second-order valence-corrected chi connectivity index (χ2v) is 6.97. The molecule has 1 atom stereocenters. The average Bonchev–Trinajstić information content (AvgIpc) is 2.49. The molecule has 1 amide bonds. The normalized spacial score (nSPS) is 12.7. The van der Waals surface area contributed by atoms with Gasteiger partial charge >= 0.3 is 5.97 Å². The molecule has 0 aliphatic carbocycles. The average molecular weight is 340 g/mol. The zero-order chi connectivity index (χ0) is 17.6. The molecule has 0 aromatic heterocycles. The van der Waals surface area contributed by atoms with Crippen molar-refractivity contribution in [2.75, 3.05) is 6.54 Å². The second-order valence-electron chi connectivity index (χ2n) is 5.20. The van der Waals surface area contributed by atoms with Crippen molar-refractivity contribution in [1.82, 2.24) is 10.0 Å². The number of rotatable bonds is 8. The van der Waals surface area contributed by atoms with Gasteiger partial charge in [-0.1, -0.05) is 26.0 Å². The van der Waals surface area contributed by atoms with Crippen LogP contribution in [0, 0.1) is 5.92 Å². The summed E-state index contributed by atoms with van der Waals surface area (Å²) in [7, 11) is -3.76. The minimum absolute atomic E-state index is 0.0627. The maximum atomic E-state index is 12.2. The van der Waals surface area contributed by atoms with Gasteiger partial charge in [-0.3, -0.25) is 4.79 Å². The van der Waals surface area contributed by atoms with Gasteiger partial charge < -0.3 is 10.4 Å². The molecule has 0 saturated carbocycles. The van der Waals surface area contributed by atoms with Crippen molar-refractivity contribution in [3.63, 3.8) is 0 Å². The minimum Gasteiger partial charge on any atom is -0.480 e. The number of hydrogen-bond acceptors (Lipinski definition) is 4. The number of carboxylic acid groups (broad SMARTS) is 1. The Morgan fingerprint density at radius 3 is 2.52 bits per heavy atom. The smallest absolute Gasteiger partial charge is 0.326 e. The van der Waals surface area contributed by atoms with E-state index in [1.54, 1.807) is 13.8 Å². The SMILES string of the molecule is C=CCNS(=O)(=O)c1cccc(C(=O)NC(C(=O)O)C(C)C)c1. The van der Waals surface area contributed by atoms with Gasteiger partial charge in [0.1, 0.15) is 6.04 Å². The first-order chi connectivity index (χ1) is 10.7. The first-order valence-corrected chi connectivity index (χ1v) is 8.41. The summed E-state index contributed by atoms with van der Waals surface area (Å²) in [5.74, 6) is -2.10. The number of sulfonamides is 1. The van der Waals surface area contributed by atoms with Gasteiger partial charge in [0, 0.05) is 12.1 Å². The molecule has 0 aliphatic rings. The molecule has 0 aliphatic heterocycles. The number of nitrogens with one attached hydrogen (secondary N) is 2. The van der Waals surface area contributed by atoms with E-state index in [2.05, 4.69) is 16.6 Å². The molecule has 0 saturated heterocycles. The van der Waals surface area contributed by atoms with Gasteiger partial charge in [-0.2, -0.15) is 0 Å². The number of aliphatic carboxylic acids is 1. The number of carboxylic acids is 1. The van der Waals surface area contributed by atoms with Crippen LogP contribution >= 0.6 is 0 Å². The van der Waals surface area contributed by atoms with Crippen molar-refractivity contribution < 1.29 is 23.1 Å². The van der Waals surface area contributed by atoms with Crippen LogP contribution in [-0.2, 0) is 14.8 Å². The molecule has 1 aromatic carbocycles. The van der Waals surface area contributed by atoms with E-state index in [0.29, 0.717) is 0 Å². The van der Waals surface area contributed by atoms with Crippen LogP contribution in [0.5, 0.6) is 0 Å². The van der Waals surface area contributed by atoms with Crippen LogP contribution in [0.25, 0.3) is 0 Å². The van der Waals surface area contributed by atoms with Gasteiger partial charge in [-0.05, 0) is 24.1 Å². The van der Waals surface area contributed by atoms with E-state index in [0.717, 1.165) is 0 Å². The maximum absolute atomic E-state index is 12.2.